The van der Waals surface area contributed by atoms with Crippen molar-refractivity contribution in [1.29, 1.82) is 0 Å². The molecule has 130 valence electrons. The lowest BCUT2D eigenvalue weighted by Crippen LogP contribution is -2.05. The number of nitrogen functional groups attached to an aromatic ring is 1. The van der Waals surface area contributed by atoms with Crippen molar-refractivity contribution in [2.24, 2.45) is 11.8 Å². The van der Waals surface area contributed by atoms with E-state index < -0.39 is 17.8 Å². The van der Waals surface area contributed by atoms with Gasteiger partial charge in [0, 0.05) is 6.54 Å². The maximum atomic E-state index is 14.1. The van der Waals surface area contributed by atoms with Gasteiger partial charge in [-0.3, -0.25) is 0 Å². The molecular weight excluding hydrogens is 328 g/mol. The van der Waals surface area contributed by atoms with Crippen LogP contribution < -0.4 is 5.73 Å². The minimum atomic E-state index is -2.74. The Bertz CT molecular complexity index is 883. The van der Waals surface area contributed by atoms with Crippen LogP contribution in [-0.2, 0) is 17.9 Å². The third kappa shape index (κ3) is 2.93. The Morgan fingerprint density at radius 1 is 1.12 bits per heavy atom. The summed E-state index contributed by atoms with van der Waals surface area (Å²) in [6.07, 6.45) is 2.79. The Morgan fingerprint density at radius 3 is 2.72 bits per heavy atom. The number of anilines is 1. The van der Waals surface area contributed by atoms with Gasteiger partial charge in [-0.1, -0.05) is 30.3 Å². The summed E-state index contributed by atoms with van der Waals surface area (Å²) in [6, 6.07) is 9.50. The molecule has 0 amide bonds. The second kappa shape index (κ2) is 6.03. The van der Waals surface area contributed by atoms with Gasteiger partial charge in [-0.25, -0.2) is 23.7 Å². The third-order valence-electron chi connectivity index (χ3n) is 4.60. The highest BCUT2D eigenvalue weighted by atomic mass is 19.3. The molecule has 1 aliphatic carbocycles. The summed E-state index contributed by atoms with van der Waals surface area (Å²) in [5.41, 5.74) is 7.60. The summed E-state index contributed by atoms with van der Waals surface area (Å²) in [5, 5.41) is 0. The fraction of sp³-hybridized carbons (Fsp3) is 0.353. The quantitative estimate of drug-likeness (QED) is 0.743. The van der Waals surface area contributed by atoms with Crippen LogP contribution in [0, 0.1) is 11.8 Å². The molecule has 0 unspecified atom stereocenters. The van der Waals surface area contributed by atoms with E-state index in [9.17, 15) is 8.78 Å². The topological polar surface area (TPSA) is 78.9 Å². The van der Waals surface area contributed by atoms with Crippen LogP contribution in [0.3, 0.4) is 0 Å². The van der Waals surface area contributed by atoms with Crippen molar-refractivity contribution in [1.82, 2.24) is 19.5 Å². The summed E-state index contributed by atoms with van der Waals surface area (Å²) >= 11 is 0. The number of rotatable bonds is 6. The molecule has 8 heteroatoms. The van der Waals surface area contributed by atoms with Crippen LogP contribution in [0.5, 0.6) is 0 Å². The van der Waals surface area contributed by atoms with Gasteiger partial charge < -0.3 is 15.0 Å². The first-order valence-electron chi connectivity index (χ1n) is 7.98. The van der Waals surface area contributed by atoms with E-state index in [-0.39, 0.29) is 19.0 Å². The molecule has 2 atom stereocenters. The van der Waals surface area contributed by atoms with Crippen molar-refractivity contribution in [3.8, 4) is 0 Å². The lowest BCUT2D eigenvalue weighted by atomic mass is 10.2. The monoisotopic (exact) mass is 345 g/mol. The minimum Gasteiger partial charge on any atom is -0.382 e. The zero-order chi connectivity index (χ0) is 17.4. The molecule has 4 rings (SSSR count). The number of alkyl halides is 2. The first-order chi connectivity index (χ1) is 12.1. The van der Waals surface area contributed by atoms with E-state index in [0.717, 1.165) is 5.56 Å². The molecule has 1 fully saturated rings. The maximum absolute atomic E-state index is 14.1. The third-order valence-corrected chi connectivity index (χ3v) is 4.60. The molecule has 0 saturated heterocycles. The number of ether oxygens (including phenoxy) is 1. The molecule has 25 heavy (non-hydrogen) atoms. The number of benzene rings is 1. The summed E-state index contributed by atoms with van der Waals surface area (Å²) in [5.74, 6) is -4.09. The highest BCUT2D eigenvalue weighted by Crippen LogP contribution is 2.56. The summed E-state index contributed by atoms with van der Waals surface area (Å²) in [7, 11) is 0. The van der Waals surface area contributed by atoms with Gasteiger partial charge >= 0.3 is 0 Å². The normalized spacial score (nSPS) is 21.5. The van der Waals surface area contributed by atoms with E-state index in [1.165, 1.54) is 12.7 Å². The van der Waals surface area contributed by atoms with Crippen molar-refractivity contribution in [2.75, 3.05) is 12.3 Å². The molecule has 1 aromatic carbocycles. The van der Waals surface area contributed by atoms with E-state index in [1.54, 1.807) is 4.57 Å². The van der Waals surface area contributed by atoms with E-state index in [4.69, 9.17) is 10.5 Å². The van der Waals surface area contributed by atoms with Crippen LogP contribution in [0.1, 0.15) is 5.56 Å². The minimum absolute atomic E-state index is 0.0241. The Kier molecular flexibility index (Phi) is 3.84. The lowest BCUT2D eigenvalue weighted by molar-refractivity contribution is 0.0455. The fourth-order valence-electron chi connectivity index (χ4n) is 3.06. The predicted octanol–water partition coefficient (Wildman–Crippen LogP) is 2.51. The van der Waals surface area contributed by atoms with Crippen molar-refractivity contribution in [3.05, 3.63) is 48.5 Å². The lowest BCUT2D eigenvalue weighted by Gasteiger charge is -2.04. The van der Waals surface area contributed by atoms with E-state index in [0.29, 0.717) is 17.8 Å². The summed E-state index contributed by atoms with van der Waals surface area (Å²) < 4.78 is 35.3. The predicted molar refractivity (Wildman–Crippen MR) is 87.8 cm³/mol. The summed E-state index contributed by atoms with van der Waals surface area (Å²) in [4.78, 5) is 12.1. The van der Waals surface area contributed by atoms with Crippen molar-refractivity contribution in [3.63, 3.8) is 0 Å². The molecular formula is C17H17F2N5O. The van der Waals surface area contributed by atoms with Gasteiger partial charge in [-0.15, -0.1) is 0 Å². The van der Waals surface area contributed by atoms with Crippen LogP contribution in [-0.4, -0.2) is 32.0 Å². The van der Waals surface area contributed by atoms with Crippen molar-refractivity contribution >= 4 is 17.0 Å². The molecule has 0 spiro atoms. The summed E-state index contributed by atoms with van der Waals surface area (Å²) in [6.45, 7) is 0.480. The first-order valence-corrected chi connectivity index (χ1v) is 7.98. The Labute approximate surface area is 142 Å². The highest BCUT2D eigenvalue weighted by Gasteiger charge is 2.67. The number of halogens is 2. The van der Waals surface area contributed by atoms with Gasteiger partial charge in [0.1, 0.15) is 11.8 Å². The Balaban J connectivity index is 1.40. The Hall–Kier alpha value is -2.61. The molecule has 1 aliphatic rings. The number of nitrogens with zero attached hydrogens (tertiary/aromatic N) is 4. The average molecular weight is 345 g/mol. The Morgan fingerprint density at radius 2 is 1.92 bits per heavy atom. The number of hydrogen-bond donors (Lipinski definition) is 1. The molecule has 2 heterocycles. The number of nitrogens with two attached hydrogens (primary N) is 1. The van der Waals surface area contributed by atoms with Crippen molar-refractivity contribution in [2.45, 2.75) is 19.1 Å². The smallest absolute Gasteiger partial charge is 0.258 e. The van der Waals surface area contributed by atoms with E-state index in [2.05, 4.69) is 15.0 Å². The molecule has 3 aromatic rings. The standard InChI is InChI=1S/C17H17F2N5O/c18-17(19)12(13(17)8-25-7-11-4-2-1-3-5-11)6-24-10-23-14-15(20)21-9-22-16(14)24/h1-5,9-10,12-13H,6-8H2,(H2,20,21,22)/t12-,13+/m0/s1. The van der Waals surface area contributed by atoms with Gasteiger partial charge in [-0.05, 0) is 5.56 Å². The number of aromatic nitrogens is 4. The van der Waals surface area contributed by atoms with E-state index in [1.807, 2.05) is 30.3 Å². The number of fused-ring (bicyclic) bond motifs is 1. The zero-order valence-corrected chi connectivity index (χ0v) is 13.3. The molecule has 0 radical (unpaired) electrons. The van der Waals surface area contributed by atoms with Crippen LogP contribution in [0.4, 0.5) is 14.6 Å². The van der Waals surface area contributed by atoms with Crippen LogP contribution >= 0.6 is 0 Å². The van der Waals surface area contributed by atoms with Gasteiger partial charge in [0.2, 0.25) is 0 Å². The van der Waals surface area contributed by atoms with Gasteiger partial charge in [0.25, 0.3) is 5.92 Å². The average Bonchev–Trinajstić information content (AvgIpc) is 2.94. The first kappa shape index (κ1) is 15.9. The second-order valence-corrected chi connectivity index (χ2v) is 6.22. The molecule has 0 bridgehead atoms. The molecule has 0 aliphatic heterocycles. The zero-order valence-electron chi connectivity index (χ0n) is 13.3. The molecule has 2 aromatic heterocycles. The van der Waals surface area contributed by atoms with Crippen molar-refractivity contribution < 1.29 is 13.5 Å². The molecule has 2 N–H and O–H groups in total. The van der Waals surface area contributed by atoms with Gasteiger partial charge in [-0.2, -0.15) is 0 Å². The van der Waals surface area contributed by atoms with Gasteiger partial charge in [0.15, 0.2) is 11.5 Å². The molecule has 6 nitrogen and oxygen atoms in total. The second-order valence-electron chi connectivity index (χ2n) is 6.22. The maximum Gasteiger partial charge on any atom is 0.258 e. The van der Waals surface area contributed by atoms with Crippen LogP contribution in [0.25, 0.3) is 11.2 Å². The van der Waals surface area contributed by atoms with E-state index >= 15 is 0 Å². The SMILES string of the molecule is Nc1ncnc2c1ncn2C[C@H]1[C@@H](COCc2ccccc2)C1(F)F. The largest absolute Gasteiger partial charge is 0.382 e. The molecule has 1 saturated carbocycles. The number of hydrogen-bond acceptors (Lipinski definition) is 5. The van der Waals surface area contributed by atoms with Crippen LogP contribution in [0.15, 0.2) is 43.0 Å². The fourth-order valence-corrected chi connectivity index (χ4v) is 3.06. The van der Waals surface area contributed by atoms with Gasteiger partial charge in [0.05, 0.1) is 31.4 Å². The highest BCUT2D eigenvalue weighted by molar-refractivity contribution is 5.81. The van der Waals surface area contributed by atoms with Crippen LogP contribution in [0.2, 0.25) is 0 Å². The number of imidazole rings is 1.